The summed E-state index contributed by atoms with van der Waals surface area (Å²) in [4.78, 5) is 10.5. The number of aromatic nitrogens is 2. The first kappa shape index (κ1) is 18.2. The van der Waals surface area contributed by atoms with Gasteiger partial charge in [-0.15, -0.1) is 0 Å². The summed E-state index contributed by atoms with van der Waals surface area (Å²) >= 11 is 0. The lowest BCUT2D eigenvalue weighted by Gasteiger charge is -2.51. The normalized spacial score (nSPS) is 29.2. The fourth-order valence-electron chi connectivity index (χ4n) is 3.67. The summed E-state index contributed by atoms with van der Waals surface area (Å²) in [6, 6.07) is 1.78. The second-order valence-corrected chi connectivity index (χ2v) is 7.50. The van der Waals surface area contributed by atoms with Gasteiger partial charge in [-0.3, -0.25) is 0 Å². The topological polar surface area (TPSA) is 114 Å². The Balaban J connectivity index is 1.73. The number of ether oxygens (including phenoxy) is 2. The lowest BCUT2D eigenvalue weighted by molar-refractivity contribution is -0.239. The van der Waals surface area contributed by atoms with Crippen LogP contribution in [0.1, 0.15) is 40.0 Å². The molecule has 2 atom stereocenters. The second kappa shape index (κ2) is 6.59. The van der Waals surface area contributed by atoms with Gasteiger partial charge in [-0.2, -0.15) is 9.97 Å². The van der Waals surface area contributed by atoms with Crippen molar-refractivity contribution in [3.63, 3.8) is 0 Å². The Morgan fingerprint density at radius 3 is 2.64 bits per heavy atom. The minimum atomic E-state index is -1.11. The second-order valence-electron chi connectivity index (χ2n) is 7.50. The number of hydrogen-bond acceptors (Lipinski definition) is 8. The van der Waals surface area contributed by atoms with E-state index in [9.17, 15) is 10.2 Å². The van der Waals surface area contributed by atoms with E-state index >= 15 is 0 Å². The Morgan fingerprint density at radius 2 is 2.00 bits per heavy atom. The molecule has 1 spiro atoms. The van der Waals surface area contributed by atoms with Crippen LogP contribution in [0.3, 0.4) is 0 Å². The highest BCUT2D eigenvalue weighted by Gasteiger charge is 2.52. The molecule has 0 radical (unpaired) electrons. The minimum Gasteiger partial charge on any atom is -0.475 e. The Labute approximate surface area is 148 Å². The summed E-state index contributed by atoms with van der Waals surface area (Å²) in [7, 11) is 0. The van der Waals surface area contributed by atoms with Crippen LogP contribution in [0.25, 0.3) is 0 Å². The number of nitrogens with zero attached hydrogens (tertiary/aromatic N) is 3. The van der Waals surface area contributed by atoms with Crippen molar-refractivity contribution in [1.82, 2.24) is 9.97 Å². The summed E-state index contributed by atoms with van der Waals surface area (Å²) in [5, 5.41) is 21.0. The Hall–Kier alpha value is -1.64. The molecule has 2 saturated heterocycles. The summed E-state index contributed by atoms with van der Waals surface area (Å²) < 4.78 is 11.5. The van der Waals surface area contributed by atoms with E-state index in [1.54, 1.807) is 13.0 Å². The van der Waals surface area contributed by atoms with Gasteiger partial charge in [-0.05, 0) is 33.6 Å². The molecule has 2 aliphatic rings. The first-order valence-electron chi connectivity index (χ1n) is 8.82. The van der Waals surface area contributed by atoms with Crippen molar-refractivity contribution in [2.75, 3.05) is 30.3 Å². The monoisotopic (exact) mass is 352 g/mol. The van der Waals surface area contributed by atoms with Gasteiger partial charge in [0.25, 0.3) is 0 Å². The maximum atomic E-state index is 10.6. The van der Waals surface area contributed by atoms with E-state index in [0.29, 0.717) is 50.7 Å². The number of anilines is 2. The van der Waals surface area contributed by atoms with E-state index in [4.69, 9.17) is 15.2 Å². The third-order valence-corrected chi connectivity index (χ3v) is 5.08. The van der Waals surface area contributed by atoms with E-state index < -0.39 is 17.3 Å². The molecule has 1 aromatic rings. The summed E-state index contributed by atoms with van der Waals surface area (Å²) in [5.41, 5.74) is 4.00. The Bertz CT molecular complexity index is 615. The van der Waals surface area contributed by atoms with Crippen LogP contribution < -0.4 is 15.4 Å². The van der Waals surface area contributed by atoms with Crippen molar-refractivity contribution in [2.45, 2.75) is 63.4 Å². The first-order valence-corrected chi connectivity index (χ1v) is 8.82. The molecule has 0 aromatic carbocycles. The van der Waals surface area contributed by atoms with Crippen LogP contribution in [-0.2, 0) is 4.74 Å². The molecule has 8 nitrogen and oxygen atoms in total. The maximum Gasteiger partial charge on any atom is 0.225 e. The lowest BCUT2D eigenvalue weighted by Crippen LogP contribution is -2.64. The number of hydrogen-bond donors (Lipinski definition) is 3. The molecule has 0 bridgehead atoms. The molecule has 1 aromatic heterocycles. The Morgan fingerprint density at radius 1 is 1.32 bits per heavy atom. The van der Waals surface area contributed by atoms with Gasteiger partial charge < -0.3 is 30.3 Å². The summed E-state index contributed by atoms with van der Waals surface area (Å²) in [6.45, 7) is 7.27. The molecule has 0 unspecified atom stereocenters. The van der Waals surface area contributed by atoms with Crippen LogP contribution in [0.4, 0.5) is 11.8 Å². The van der Waals surface area contributed by atoms with Crippen molar-refractivity contribution in [3.8, 4) is 5.88 Å². The molecule has 8 heteroatoms. The third-order valence-electron chi connectivity index (χ3n) is 5.08. The SMILES string of the molecule is CC(C)Oc1cc(N2CCC3(CC2)OCC[C@@](C)(O)[C@@H]3O)nc(N)n1. The summed E-state index contributed by atoms with van der Waals surface area (Å²) in [5.74, 6) is 1.33. The molecule has 140 valence electrons. The van der Waals surface area contributed by atoms with Gasteiger partial charge in [-0.25, -0.2) is 0 Å². The van der Waals surface area contributed by atoms with Gasteiger partial charge in [0.05, 0.1) is 18.3 Å². The largest absolute Gasteiger partial charge is 0.475 e. The zero-order valence-corrected chi connectivity index (χ0v) is 15.1. The lowest BCUT2D eigenvalue weighted by atomic mass is 9.75. The van der Waals surface area contributed by atoms with Gasteiger partial charge in [0.15, 0.2) is 0 Å². The molecular weight excluding hydrogens is 324 g/mol. The van der Waals surface area contributed by atoms with Crippen LogP contribution in [0.2, 0.25) is 0 Å². The number of piperidine rings is 1. The predicted octanol–water partition coefficient (Wildman–Crippen LogP) is 0.717. The highest BCUT2D eigenvalue weighted by Crippen LogP contribution is 2.40. The van der Waals surface area contributed by atoms with Gasteiger partial charge in [-0.1, -0.05) is 0 Å². The fraction of sp³-hybridized carbons (Fsp3) is 0.765. The average Bonchev–Trinajstić information content (AvgIpc) is 2.52. The van der Waals surface area contributed by atoms with Crippen molar-refractivity contribution in [1.29, 1.82) is 0 Å². The molecule has 2 aliphatic heterocycles. The van der Waals surface area contributed by atoms with Crippen molar-refractivity contribution >= 4 is 11.8 Å². The van der Waals surface area contributed by atoms with Gasteiger partial charge in [0, 0.05) is 25.6 Å². The van der Waals surface area contributed by atoms with Gasteiger partial charge in [0.1, 0.15) is 17.5 Å². The van der Waals surface area contributed by atoms with Crippen molar-refractivity contribution in [3.05, 3.63) is 6.07 Å². The molecular formula is C17H28N4O4. The molecule has 0 aliphatic carbocycles. The molecule has 0 saturated carbocycles. The maximum absolute atomic E-state index is 10.6. The Kier molecular flexibility index (Phi) is 4.78. The fourth-order valence-corrected chi connectivity index (χ4v) is 3.67. The zero-order chi connectivity index (χ0) is 18.2. The van der Waals surface area contributed by atoms with Crippen molar-refractivity contribution < 1.29 is 19.7 Å². The first-order chi connectivity index (χ1) is 11.7. The van der Waals surface area contributed by atoms with Crippen molar-refractivity contribution in [2.24, 2.45) is 0 Å². The van der Waals surface area contributed by atoms with E-state index in [0.717, 1.165) is 0 Å². The molecule has 3 rings (SSSR count). The molecule has 4 N–H and O–H groups in total. The summed E-state index contributed by atoms with van der Waals surface area (Å²) in [6.07, 6.45) is 0.757. The van der Waals surface area contributed by atoms with Crippen LogP contribution in [0.15, 0.2) is 6.07 Å². The van der Waals surface area contributed by atoms with Crippen LogP contribution in [0, 0.1) is 0 Å². The minimum absolute atomic E-state index is 0.000192. The quantitative estimate of drug-likeness (QED) is 0.729. The van der Waals surface area contributed by atoms with Crippen LogP contribution >= 0.6 is 0 Å². The van der Waals surface area contributed by atoms with E-state index in [-0.39, 0.29) is 12.1 Å². The van der Waals surface area contributed by atoms with E-state index in [1.807, 2.05) is 13.8 Å². The number of aliphatic hydroxyl groups is 2. The molecule has 3 heterocycles. The number of nitrogens with two attached hydrogens (primary N) is 1. The van der Waals surface area contributed by atoms with Gasteiger partial charge >= 0.3 is 0 Å². The van der Waals surface area contributed by atoms with Crippen LogP contribution in [-0.4, -0.2) is 63.3 Å². The highest BCUT2D eigenvalue weighted by molar-refractivity contribution is 5.46. The molecule has 0 amide bonds. The number of aliphatic hydroxyl groups excluding tert-OH is 1. The smallest absolute Gasteiger partial charge is 0.225 e. The third kappa shape index (κ3) is 3.65. The zero-order valence-electron chi connectivity index (χ0n) is 15.1. The van der Waals surface area contributed by atoms with E-state index in [1.165, 1.54) is 0 Å². The highest BCUT2D eigenvalue weighted by atomic mass is 16.5. The molecule has 2 fully saturated rings. The van der Waals surface area contributed by atoms with E-state index in [2.05, 4.69) is 14.9 Å². The molecule has 25 heavy (non-hydrogen) atoms. The van der Waals surface area contributed by atoms with Crippen LogP contribution in [0.5, 0.6) is 5.88 Å². The number of rotatable bonds is 3. The van der Waals surface area contributed by atoms with Gasteiger partial charge in [0.2, 0.25) is 11.8 Å². The predicted molar refractivity (Wildman–Crippen MR) is 93.6 cm³/mol. The number of nitrogen functional groups attached to an aromatic ring is 1. The standard InChI is InChI=1S/C17H28N4O4/c1-11(2)25-13-10-12(19-15(18)20-13)21-7-4-17(5-8-21)14(22)16(3,23)6-9-24-17/h10-11,14,22-23H,4-9H2,1-3H3,(H2,18,19,20)/t14-,16+/m0/s1. The average molecular weight is 352 g/mol.